The first kappa shape index (κ1) is 19.4. The highest BCUT2D eigenvalue weighted by Crippen LogP contribution is 2.30. The van der Waals surface area contributed by atoms with Crippen molar-refractivity contribution in [2.45, 2.75) is 39.0 Å². The third-order valence-electron chi connectivity index (χ3n) is 5.92. The number of benzene rings is 1. The Labute approximate surface area is 160 Å². The van der Waals surface area contributed by atoms with Gasteiger partial charge in [-0.25, -0.2) is 0 Å². The van der Waals surface area contributed by atoms with E-state index in [0.717, 1.165) is 24.0 Å². The van der Waals surface area contributed by atoms with Gasteiger partial charge in [-0.1, -0.05) is 30.7 Å². The lowest BCUT2D eigenvalue weighted by atomic mass is 9.80. The minimum atomic E-state index is -0.792. The molecule has 0 spiro atoms. The second-order valence-corrected chi connectivity index (χ2v) is 7.71. The number of aliphatic carboxylic acids is 1. The third-order valence-corrected chi connectivity index (χ3v) is 5.92. The highest BCUT2D eigenvalue weighted by molar-refractivity contribution is 5.82. The van der Waals surface area contributed by atoms with E-state index in [4.69, 9.17) is 0 Å². The van der Waals surface area contributed by atoms with Gasteiger partial charge in [0.25, 0.3) is 0 Å². The molecule has 6 heteroatoms. The molecule has 1 heterocycles. The maximum absolute atomic E-state index is 12.8. The van der Waals surface area contributed by atoms with E-state index in [-0.39, 0.29) is 17.7 Å². The van der Waals surface area contributed by atoms with E-state index in [9.17, 15) is 19.5 Å². The van der Waals surface area contributed by atoms with E-state index in [1.165, 1.54) is 0 Å². The fraction of sp³-hybridized carbons (Fsp3) is 0.571. The fourth-order valence-electron chi connectivity index (χ4n) is 4.16. The number of piperazine rings is 1. The van der Waals surface area contributed by atoms with Crippen LogP contribution in [0.25, 0.3) is 0 Å². The Morgan fingerprint density at radius 2 is 1.63 bits per heavy atom. The molecule has 0 aromatic heterocycles. The molecule has 0 bridgehead atoms. The van der Waals surface area contributed by atoms with Crippen LogP contribution in [0.4, 0.5) is 0 Å². The summed E-state index contributed by atoms with van der Waals surface area (Å²) in [4.78, 5) is 40.2. The Morgan fingerprint density at radius 1 is 1.00 bits per heavy atom. The smallest absolute Gasteiger partial charge is 0.306 e. The highest BCUT2D eigenvalue weighted by Gasteiger charge is 2.34. The number of rotatable bonds is 4. The molecule has 6 nitrogen and oxygen atoms in total. The quantitative estimate of drug-likeness (QED) is 0.878. The predicted octanol–water partition coefficient (Wildman–Crippen LogP) is 2.10. The minimum Gasteiger partial charge on any atom is -0.481 e. The second-order valence-electron chi connectivity index (χ2n) is 7.71. The van der Waals surface area contributed by atoms with Crippen molar-refractivity contribution in [3.8, 4) is 0 Å². The molecule has 1 aliphatic heterocycles. The number of carboxylic acids is 1. The number of hydrogen-bond donors (Lipinski definition) is 1. The first-order chi connectivity index (χ1) is 13.0. The number of amides is 2. The average molecular weight is 372 g/mol. The molecule has 27 heavy (non-hydrogen) atoms. The van der Waals surface area contributed by atoms with Gasteiger partial charge in [0.05, 0.1) is 12.3 Å². The van der Waals surface area contributed by atoms with Crippen LogP contribution in [0.2, 0.25) is 0 Å². The van der Waals surface area contributed by atoms with Crippen LogP contribution in [0.3, 0.4) is 0 Å². The van der Waals surface area contributed by atoms with Crippen LogP contribution in [-0.2, 0) is 20.8 Å². The average Bonchev–Trinajstić information content (AvgIpc) is 2.69. The molecule has 1 saturated heterocycles. The number of carbonyl (C=O) groups excluding carboxylic acids is 2. The molecule has 1 aromatic carbocycles. The maximum atomic E-state index is 12.8. The normalized spacial score (nSPS) is 23.1. The lowest BCUT2D eigenvalue weighted by Crippen LogP contribution is -2.52. The van der Waals surface area contributed by atoms with E-state index in [2.05, 4.69) is 0 Å². The molecule has 1 aromatic rings. The van der Waals surface area contributed by atoms with Crippen molar-refractivity contribution < 1.29 is 19.5 Å². The number of aryl methyl sites for hydroxylation is 1. The third kappa shape index (κ3) is 4.67. The van der Waals surface area contributed by atoms with Gasteiger partial charge in [0.15, 0.2) is 0 Å². The minimum absolute atomic E-state index is 0.0620. The van der Waals surface area contributed by atoms with Crippen molar-refractivity contribution >= 4 is 17.8 Å². The Kier molecular flexibility index (Phi) is 6.14. The maximum Gasteiger partial charge on any atom is 0.306 e. The van der Waals surface area contributed by atoms with E-state index in [1.54, 1.807) is 0 Å². The predicted molar refractivity (Wildman–Crippen MR) is 101 cm³/mol. The summed E-state index contributed by atoms with van der Waals surface area (Å²) in [6, 6.07) is 7.90. The topological polar surface area (TPSA) is 77.9 Å². The van der Waals surface area contributed by atoms with Crippen molar-refractivity contribution in [1.29, 1.82) is 0 Å². The van der Waals surface area contributed by atoms with Crippen LogP contribution in [0.15, 0.2) is 24.3 Å². The van der Waals surface area contributed by atoms with Gasteiger partial charge in [0.2, 0.25) is 11.8 Å². The van der Waals surface area contributed by atoms with Gasteiger partial charge in [-0.2, -0.15) is 0 Å². The highest BCUT2D eigenvalue weighted by atomic mass is 16.4. The lowest BCUT2D eigenvalue weighted by Gasteiger charge is -2.37. The summed E-state index contributed by atoms with van der Waals surface area (Å²) in [5.41, 5.74) is 2.16. The summed E-state index contributed by atoms with van der Waals surface area (Å²) >= 11 is 0. The lowest BCUT2D eigenvalue weighted by molar-refractivity contribution is -0.147. The van der Waals surface area contributed by atoms with E-state index in [0.29, 0.717) is 45.4 Å². The monoisotopic (exact) mass is 372 g/mol. The van der Waals surface area contributed by atoms with Crippen molar-refractivity contribution in [2.75, 3.05) is 26.2 Å². The number of carbonyl (C=O) groups is 3. The van der Waals surface area contributed by atoms with Gasteiger partial charge in [0.1, 0.15) is 0 Å². The van der Waals surface area contributed by atoms with Gasteiger partial charge < -0.3 is 14.9 Å². The molecular weight excluding hydrogens is 344 g/mol. The molecule has 146 valence electrons. The van der Waals surface area contributed by atoms with Crippen LogP contribution < -0.4 is 0 Å². The first-order valence-electron chi connectivity index (χ1n) is 9.79. The zero-order valence-electron chi connectivity index (χ0n) is 15.9. The van der Waals surface area contributed by atoms with Gasteiger partial charge in [-0.15, -0.1) is 0 Å². The Hall–Kier alpha value is -2.37. The van der Waals surface area contributed by atoms with E-state index < -0.39 is 11.9 Å². The second kappa shape index (κ2) is 8.55. The van der Waals surface area contributed by atoms with Crippen LogP contribution in [0.1, 0.15) is 36.8 Å². The molecular formula is C21H28N2O4. The van der Waals surface area contributed by atoms with Gasteiger partial charge in [-0.3, -0.25) is 14.4 Å². The summed E-state index contributed by atoms with van der Waals surface area (Å²) in [5.74, 6) is -1.22. The van der Waals surface area contributed by atoms with Crippen molar-refractivity contribution in [2.24, 2.45) is 11.8 Å². The van der Waals surface area contributed by atoms with Crippen LogP contribution in [-0.4, -0.2) is 58.9 Å². The van der Waals surface area contributed by atoms with Gasteiger partial charge >= 0.3 is 5.97 Å². The zero-order chi connectivity index (χ0) is 19.4. The molecule has 1 N–H and O–H groups in total. The first-order valence-corrected chi connectivity index (χ1v) is 9.79. The number of hydrogen-bond acceptors (Lipinski definition) is 3. The molecule has 2 amide bonds. The van der Waals surface area contributed by atoms with Crippen molar-refractivity contribution in [3.63, 3.8) is 0 Å². The molecule has 1 saturated carbocycles. The Balaban J connectivity index is 1.51. The van der Waals surface area contributed by atoms with E-state index >= 15 is 0 Å². The molecule has 0 radical (unpaired) electrons. The summed E-state index contributed by atoms with van der Waals surface area (Å²) < 4.78 is 0. The van der Waals surface area contributed by atoms with Gasteiger partial charge in [0, 0.05) is 32.1 Å². The Bertz CT molecular complexity index is 710. The SMILES string of the molecule is Cc1ccccc1CC(=O)N1CCN(C(=O)C2CCCC(C(=O)O)C2)CC1. The van der Waals surface area contributed by atoms with Crippen molar-refractivity contribution in [1.82, 2.24) is 9.80 Å². The largest absolute Gasteiger partial charge is 0.481 e. The standard InChI is InChI=1S/C21H28N2O4/c1-15-5-2-3-6-16(15)14-19(24)22-9-11-23(12-10-22)20(25)17-7-4-8-18(13-17)21(26)27/h2-3,5-6,17-18H,4,7-14H2,1H3,(H,26,27). The number of carboxylic acid groups (broad SMARTS) is 1. The molecule has 2 fully saturated rings. The fourth-order valence-corrected chi connectivity index (χ4v) is 4.16. The molecule has 2 atom stereocenters. The van der Waals surface area contributed by atoms with Crippen LogP contribution in [0, 0.1) is 18.8 Å². The summed E-state index contributed by atoms with van der Waals surface area (Å²) in [7, 11) is 0. The summed E-state index contributed by atoms with van der Waals surface area (Å²) in [6.45, 7) is 4.17. The summed E-state index contributed by atoms with van der Waals surface area (Å²) in [5, 5.41) is 9.22. The van der Waals surface area contributed by atoms with Crippen molar-refractivity contribution in [3.05, 3.63) is 35.4 Å². The molecule has 2 unspecified atom stereocenters. The summed E-state index contributed by atoms with van der Waals surface area (Å²) in [6.07, 6.45) is 3.07. The number of nitrogens with zero attached hydrogens (tertiary/aromatic N) is 2. The van der Waals surface area contributed by atoms with Crippen LogP contribution >= 0.6 is 0 Å². The van der Waals surface area contributed by atoms with Crippen LogP contribution in [0.5, 0.6) is 0 Å². The molecule has 2 aliphatic rings. The van der Waals surface area contributed by atoms with E-state index in [1.807, 2.05) is 41.0 Å². The molecule has 3 rings (SSSR count). The zero-order valence-corrected chi connectivity index (χ0v) is 15.9. The molecule has 1 aliphatic carbocycles. The Morgan fingerprint density at radius 3 is 2.30 bits per heavy atom. The van der Waals surface area contributed by atoms with Gasteiger partial charge in [-0.05, 0) is 37.3 Å².